The van der Waals surface area contributed by atoms with Gasteiger partial charge in [-0.15, -0.1) is 0 Å². The SMILES string of the molecule is COC(=O)C[C@H](C(=O)N1CN(S(=O)(=O)c2ccccc2)C[C@H]1C1=NC(c2ccc(Br)cc2)=CC1)C(C)C. The topological polar surface area (TPSA) is 96.4 Å². The predicted molar refractivity (Wildman–Crippen MR) is 145 cm³/mol. The average Bonchev–Trinajstić information content (AvgIpc) is 3.56. The molecular formula is C27H30BrN3O5S. The summed E-state index contributed by atoms with van der Waals surface area (Å²) < 4.78 is 34.0. The molecule has 0 radical (unpaired) electrons. The number of amides is 1. The van der Waals surface area contributed by atoms with Crippen LogP contribution in [-0.4, -0.2) is 61.6 Å². The van der Waals surface area contributed by atoms with Gasteiger partial charge >= 0.3 is 5.97 Å². The average molecular weight is 589 g/mol. The molecule has 8 nitrogen and oxygen atoms in total. The fraction of sp³-hybridized carbons (Fsp3) is 0.370. The molecule has 2 aliphatic rings. The number of esters is 1. The zero-order valence-corrected chi connectivity index (χ0v) is 23.4. The van der Waals surface area contributed by atoms with Crippen LogP contribution in [0, 0.1) is 11.8 Å². The van der Waals surface area contributed by atoms with E-state index in [9.17, 15) is 18.0 Å². The van der Waals surface area contributed by atoms with Crippen LogP contribution in [0.4, 0.5) is 0 Å². The van der Waals surface area contributed by atoms with E-state index in [4.69, 9.17) is 9.73 Å². The fourth-order valence-corrected chi connectivity index (χ4v) is 6.26. The van der Waals surface area contributed by atoms with Gasteiger partial charge in [-0.1, -0.05) is 66.2 Å². The van der Waals surface area contributed by atoms with Crippen LogP contribution in [0.25, 0.3) is 5.70 Å². The third-order valence-corrected chi connectivity index (χ3v) is 9.10. The lowest BCUT2D eigenvalue weighted by Crippen LogP contribution is -2.46. The number of benzene rings is 2. The van der Waals surface area contributed by atoms with Crippen molar-refractivity contribution in [1.82, 2.24) is 9.21 Å². The molecule has 37 heavy (non-hydrogen) atoms. The summed E-state index contributed by atoms with van der Waals surface area (Å²) >= 11 is 3.44. The Bertz CT molecular complexity index is 1320. The van der Waals surface area contributed by atoms with E-state index < -0.39 is 28.0 Å². The van der Waals surface area contributed by atoms with Gasteiger partial charge in [0, 0.05) is 23.1 Å². The fourth-order valence-electron chi connectivity index (χ4n) is 4.59. The third-order valence-electron chi connectivity index (χ3n) is 6.76. The minimum Gasteiger partial charge on any atom is -0.469 e. The molecule has 10 heteroatoms. The van der Waals surface area contributed by atoms with Crippen molar-refractivity contribution in [3.63, 3.8) is 0 Å². The summed E-state index contributed by atoms with van der Waals surface area (Å²) in [6.45, 7) is 3.72. The maximum Gasteiger partial charge on any atom is 0.306 e. The number of rotatable bonds is 8. The van der Waals surface area contributed by atoms with E-state index in [0.29, 0.717) is 6.42 Å². The molecule has 0 N–H and O–H groups in total. The third kappa shape index (κ3) is 5.86. The lowest BCUT2D eigenvalue weighted by atomic mass is 9.90. The van der Waals surface area contributed by atoms with Crippen LogP contribution in [0.2, 0.25) is 0 Å². The second-order valence-corrected chi connectivity index (χ2v) is 12.3. The number of allylic oxidation sites excluding steroid dienone is 1. The minimum atomic E-state index is -3.84. The van der Waals surface area contributed by atoms with Gasteiger partial charge in [0.2, 0.25) is 15.9 Å². The second-order valence-electron chi connectivity index (χ2n) is 9.45. The van der Waals surface area contributed by atoms with E-state index in [2.05, 4.69) is 15.9 Å². The summed E-state index contributed by atoms with van der Waals surface area (Å²) in [5.41, 5.74) is 2.44. The maximum atomic E-state index is 13.8. The van der Waals surface area contributed by atoms with Crippen LogP contribution in [-0.2, 0) is 24.3 Å². The lowest BCUT2D eigenvalue weighted by molar-refractivity contribution is -0.148. The van der Waals surface area contributed by atoms with Gasteiger partial charge in [0.05, 0.1) is 42.8 Å². The van der Waals surface area contributed by atoms with E-state index in [1.807, 2.05) is 44.2 Å². The monoisotopic (exact) mass is 587 g/mol. The van der Waals surface area contributed by atoms with Crippen molar-refractivity contribution in [1.29, 1.82) is 0 Å². The Morgan fingerprint density at radius 1 is 1.11 bits per heavy atom. The number of nitrogens with zero attached hydrogens (tertiary/aromatic N) is 3. The Morgan fingerprint density at radius 3 is 2.41 bits per heavy atom. The quantitative estimate of drug-likeness (QED) is 0.428. The first-order valence-electron chi connectivity index (χ1n) is 12.1. The van der Waals surface area contributed by atoms with Gasteiger partial charge in [-0.25, -0.2) is 8.42 Å². The van der Waals surface area contributed by atoms with Crippen molar-refractivity contribution in [2.45, 2.75) is 37.6 Å². The van der Waals surface area contributed by atoms with E-state index in [1.165, 1.54) is 11.4 Å². The summed E-state index contributed by atoms with van der Waals surface area (Å²) in [5, 5.41) is 0. The first kappa shape index (κ1) is 27.2. The Morgan fingerprint density at radius 2 is 1.78 bits per heavy atom. The Hall–Kier alpha value is -2.82. The summed E-state index contributed by atoms with van der Waals surface area (Å²) in [4.78, 5) is 32.5. The highest BCUT2D eigenvalue weighted by Crippen LogP contribution is 2.32. The van der Waals surface area contributed by atoms with Gasteiger partial charge in [0.1, 0.15) is 0 Å². The molecule has 2 aliphatic heterocycles. The zero-order valence-electron chi connectivity index (χ0n) is 21.0. The first-order valence-corrected chi connectivity index (χ1v) is 14.3. The molecule has 2 aromatic rings. The van der Waals surface area contributed by atoms with E-state index in [-0.39, 0.29) is 36.4 Å². The van der Waals surface area contributed by atoms with Gasteiger partial charge in [0.15, 0.2) is 0 Å². The molecule has 1 amide bonds. The molecule has 1 saturated heterocycles. The molecule has 0 aliphatic carbocycles. The molecule has 2 aromatic carbocycles. The van der Waals surface area contributed by atoms with E-state index in [1.54, 1.807) is 35.2 Å². The Kier molecular flexibility index (Phi) is 8.30. The van der Waals surface area contributed by atoms with Crippen LogP contribution in [0.5, 0.6) is 0 Å². The summed E-state index contributed by atoms with van der Waals surface area (Å²) in [6, 6.07) is 15.4. The lowest BCUT2D eigenvalue weighted by Gasteiger charge is -2.29. The molecular weight excluding hydrogens is 558 g/mol. The van der Waals surface area contributed by atoms with Gasteiger partial charge in [-0.3, -0.25) is 14.6 Å². The van der Waals surface area contributed by atoms with Crippen LogP contribution in [0.1, 0.15) is 32.3 Å². The van der Waals surface area contributed by atoms with Gasteiger partial charge in [-0.2, -0.15) is 4.31 Å². The number of aliphatic imine (C=N–C) groups is 1. The highest BCUT2D eigenvalue weighted by Gasteiger charge is 2.45. The standard InChI is InChI=1S/C27H30BrN3O5S/c1-18(2)22(15-26(32)36-3)27(33)31-17-30(37(34,35)21-7-5-4-6-8-21)16-25(31)24-14-13-23(29-24)19-9-11-20(28)12-10-19/h4-13,18,22,25H,14-17H2,1-3H3/t22-,25-/m0/s1. The molecule has 2 heterocycles. The number of hydrogen-bond donors (Lipinski definition) is 0. The number of carbonyl (C=O) groups is 2. The van der Waals surface area contributed by atoms with Crippen LogP contribution < -0.4 is 0 Å². The number of carbonyl (C=O) groups excluding carboxylic acids is 2. The van der Waals surface area contributed by atoms with Crippen molar-refractivity contribution in [2.24, 2.45) is 16.8 Å². The number of methoxy groups -OCH3 is 1. The molecule has 0 aromatic heterocycles. The molecule has 2 atom stereocenters. The molecule has 0 unspecified atom stereocenters. The molecule has 0 spiro atoms. The molecule has 0 bridgehead atoms. The Labute approximate surface area is 226 Å². The van der Waals surface area contributed by atoms with Crippen molar-refractivity contribution >= 4 is 49.2 Å². The smallest absolute Gasteiger partial charge is 0.306 e. The molecule has 4 rings (SSSR count). The number of hydrogen-bond acceptors (Lipinski definition) is 6. The van der Waals surface area contributed by atoms with Crippen LogP contribution in [0.15, 0.2) is 75.0 Å². The van der Waals surface area contributed by atoms with Gasteiger partial charge < -0.3 is 9.64 Å². The highest BCUT2D eigenvalue weighted by atomic mass is 79.9. The van der Waals surface area contributed by atoms with Crippen molar-refractivity contribution < 1.29 is 22.7 Å². The summed E-state index contributed by atoms with van der Waals surface area (Å²) in [6.07, 6.45) is 2.42. The number of halogens is 1. The van der Waals surface area contributed by atoms with Gasteiger partial charge in [-0.05, 0) is 35.7 Å². The van der Waals surface area contributed by atoms with E-state index in [0.717, 1.165) is 21.4 Å². The second kappa shape index (κ2) is 11.3. The predicted octanol–water partition coefficient (Wildman–Crippen LogP) is 4.33. The molecule has 1 fully saturated rings. The zero-order chi connectivity index (χ0) is 26.7. The Balaban J connectivity index is 1.67. The van der Waals surface area contributed by atoms with E-state index >= 15 is 0 Å². The minimum absolute atomic E-state index is 0.0729. The maximum absolute atomic E-state index is 13.8. The van der Waals surface area contributed by atoms with Crippen molar-refractivity contribution in [3.8, 4) is 0 Å². The van der Waals surface area contributed by atoms with Crippen molar-refractivity contribution in [3.05, 3.63) is 70.7 Å². The number of sulfonamides is 1. The summed E-state index contributed by atoms with van der Waals surface area (Å²) in [5.74, 6) is -1.55. The van der Waals surface area contributed by atoms with Crippen molar-refractivity contribution in [2.75, 3.05) is 20.3 Å². The van der Waals surface area contributed by atoms with Gasteiger partial charge in [0.25, 0.3) is 0 Å². The normalized spacial score (nSPS) is 19.1. The van der Waals surface area contributed by atoms with Crippen LogP contribution in [0.3, 0.4) is 0 Å². The molecule has 0 saturated carbocycles. The highest BCUT2D eigenvalue weighted by molar-refractivity contribution is 9.10. The largest absolute Gasteiger partial charge is 0.469 e. The molecule has 196 valence electrons. The summed E-state index contributed by atoms with van der Waals surface area (Å²) in [7, 11) is -2.55. The van der Waals surface area contributed by atoms with Crippen LogP contribution >= 0.6 is 15.9 Å². The first-order chi connectivity index (χ1) is 17.6. The number of ether oxygens (including phenoxy) is 1.